The molecule has 0 aliphatic carbocycles. The van der Waals surface area contributed by atoms with Crippen molar-refractivity contribution in [1.29, 1.82) is 0 Å². The van der Waals surface area contributed by atoms with Gasteiger partial charge in [-0.25, -0.2) is 22.7 Å². The van der Waals surface area contributed by atoms with Crippen molar-refractivity contribution >= 4 is 27.8 Å². The van der Waals surface area contributed by atoms with Crippen LogP contribution in [0.1, 0.15) is 31.5 Å². The monoisotopic (exact) mass is 430 g/mol. The first-order valence-electron chi connectivity index (χ1n) is 8.75. The van der Waals surface area contributed by atoms with Crippen molar-refractivity contribution in [3.63, 3.8) is 0 Å². The Morgan fingerprint density at radius 3 is 2.68 bits per heavy atom. The first-order valence-corrected chi connectivity index (χ1v) is 11.2. The summed E-state index contributed by atoms with van der Waals surface area (Å²) in [6, 6.07) is -0.0568. The predicted molar refractivity (Wildman–Crippen MR) is 107 cm³/mol. The van der Waals surface area contributed by atoms with Crippen LogP contribution in [-0.4, -0.2) is 71.9 Å². The number of nitrogens with zero attached hydrogens (tertiary/aromatic N) is 4. The molecular weight excluding hydrogens is 404 g/mol. The molecule has 2 atom stereocenters. The van der Waals surface area contributed by atoms with Crippen LogP contribution in [0.4, 0.5) is 0 Å². The van der Waals surface area contributed by atoms with Crippen LogP contribution in [0.5, 0.6) is 0 Å². The van der Waals surface area contributed by atoms with Gasteiger partial charge in [0.05, 0.1) is 30.7 Å². The number of imidazole rings is 1. The Morgan fingerprint density at radius 2 is 2.11 bits per heavy atom. The maximum absolute atomic E-state index is 12.3. The summed E-state index contributed by atoms with van der Waals surface area (Å²) >= 11 is 1.57. The van der Waals surface area contributed by atoms with E-state index in [1.54, 1.807) is 31.6 Å². The van der Waals surface area contributed by atoms with Gasteiger partial charge in [0, 0.05) is 37.8 Å². The van der Waals surface area contributed by atoms with Crippen molar-refractivity contribution in [2.45, 2.75) is 25.8 Å². The summed E-state index contributed by atoms with van der Waals surface area (Å²) in [5.74, 6) is 1.10. The van der Waals surface area contributed by atoms with Gasteiger partial charge >= 0.3 is 0 Å². The summed E-state index contributed by atoms with van der Waals surface area (Å²) in [5, 5.41) is 9.80. The van der Waals surface area contributed by atoms with E-state index in [2.05, 4.69) is 29.2 Å². The minimum atomic E-state index is -3.28. The SMILES string of the molecule is CC(C)c1csc(-c2nccn2[C@@H]2COC[C@H]2CS(=O)(=O)N(C)C)n1.O=CO. The fraction of sp³-hybridized carbons (Fsp3) is 0.588. The zero-order valence-corrected chi connectivity index (χ0v) is 18.0. The Kier molecular flexibility index (Phi) is 7.70. The Morgan fingerprint density at radius 1 is 1.43 bits per heavy atom. The Hall–Kier alpha value is -1.82. The Balaban J connectivity index is 0.000000878. The quantitative estimate of drug-likeness (QED) is 0.696. The minimum Gasteiger partial charge on any atom is -0.483 e. The van der Waals surface area contributed by atoms with Gasteiger partial charge in [-0.2, -0.15) is 0 Å². The molecule has 2 aromatic heterocycles. The highest BCUT2D eigenvalue weighted by Gasteiger charge is 2.35. The van der Waals surface area contributed by atoms with E-state index in [1.165, 1.54) is 4.31 Å². The molecule has 0 bridgehead atoms. The van der Waals surface area contributed by atoms with Crippen molar-refractivity contribution in [1.82, 2.24) is 18.8 Å². The third kappa shape index (κ3) is 5.16. The van der Waals surface area contributed by atoms with E-state index in [1.807, 2.05) is 10.8 Å². The fourth-order valence-electron chi connectivity index (χ4n) is 2.87. The molecule has 0 unspecified atom stereocenters. The Labute approximate surface area is 169 Å². The molecule has 11 heteroatoms. The van der Waals surface area contributed by atoms with E-state index in [4.69, 9.17) is 14.6 Å². The number of carbonyl (C=O) groups is 1. The van der Waals surface area contributed by atoms with Crippen molar-refractivity contribution in [2.24, 2.45) is 5.92 Å². The summed E-state index contributed by atoms with van der Waals surface area (Å²) in [5.41, 5.74) is 1.05. The third-order valence-electron chi connectivity index (χ3n) is 4.48. The molecule has 156 valence electrons. The largest absolute Gasteiger partial charge is 0.483 e. The predicted octanol–water partition coefficient (Wildman–Crippen LogP) is 1.91. The number of sulfonamides is 1. The van der Waals surface area contributed by atoms with Gasteiger partial charge in [0.2, 0.25) is 10.0 Å². The average Bonchev–Trinajstić information content (AvgIpc) is 3.34. The summed E-state index contributed by atoms with van der Waals surface area (Å²) < 4.78 is 33.4. The van der Waals surface area contributed by atoms with Gasteiger partial charge in [0.25, 0.3) is 6.47 Å². The van der Waals surface area contributed by atoms with Crippen LogP contribution < -0.4 is 0 Å². The van der Waals surface area contributed by atoms with E-state index in [-0.39, 0.29) is 24.2 Å². The van der Waals surface area contributed by atoms with E-state index >= 15 is 0 Å². The molecule has 0 amide bonds. The highest BCUT2D eigenvalue weighted by molar-refractivity contribution is 7.89. The van der Waals surface area contributed by atoms with Crippen molar-refractivity contribution in [3.05, 3.63) is 23.5 Å². The van der Waals surface area contributed by atoms with Crippen LogP contribution >= 0.6 is 11.3 Å². The maximum Gasteiger partial charge on any atom is 0.290 e. The van der Waals surface area contributed by atoms with Gasteiger partial charge < -0.3 is 14.4 Å². The maximum atomic E-state index is 12.3. The molecule has 9 nitrogen and oxygen atoms in total. The van der Waals surface area contributed by atoms with Crippen molar-refractivity contribution in [3.8, 4) is 10.8 Å². The molecule has 0 radical (unpaired) electrons. The molecule has 0 spiro atoms. The lowest BCUT2D eigenvalue weighted by Crippen LogP contribution is -2.32. The molecule has 1 N–H and O–H groups in total. The molecule has 1 saturated heterocycles. The molecule has 28 heavy (non-hydrogen) atoms. The molecule has 3 heterocycles. The average molecular weight is 431 g/mol. The van der Waals surface area contributed by atoms with E-state index in [9.17, 15) is 8.42 Å². The van der Waals surface area contributed by atoms with Crippen LogP contribution in [0.25, 0.3) is 10.8 Å². The molecule has 1 aliphatic rings. The molecule has 1 aliphatic heterocycles. The van der Waals surface area contributed by atoms with Gasteiger partial charge in [0.15, 0.2) is 10.8 Å². The van der Waals surface area contributed by atoms with Gasteiger partial charge in [-0.3, -0.25) is 4.79 Å². The number of carboxylic acid groups (broad SMARTS) is 1. The number of aromatic nitrogens is 3. The summed E-state index contributed by atoms with van der Waals surface area (Å²) in [7, 11) is -0.161. The van der Waals surface area contributed by atoms with Crippen LogP contribution in [0.15, 0.2) is 17.8 Å². The standard InChI is InChI=1S/C16H24N4O3S2.CH2O2/c1-11(2)13-9-24-16(18-13)15-17-5-6-20(15)14-8-23-7-12(14)10-25(21,22)19(3)4;2-1-3/h5-6,9,11-12,14H,7-8,10H2,1-4H3;1H,(H,2,3)/t12-,14+;/m0./s1. The Bertz CT molecular complexity index is 876. The lowest BCUT2D eigenvalue weighted by atomic mass is 10.1. The smallest absolute Gasteiger partial charge is 0.290 e. The molecule has 0 saturated carbocycles. The van der Waals surface area contributed by atoms with Crippen LogP contribution in [0.2, 0.25) is 0 Å². The zero-order chi connectivity index (χ0) is 20.9. The summed E-state index contributed by atoms with van der Waals surface area (Å²) in [6.45, 7) is 4.89. The lowest BCUT2D eigenvalue weighted by molar-refractivity contribution is -0.122. The number of hydrogen-bond donors (Lipinski definition) is 1. The first kappa shape index (κ1) is 22.5. The van der Waals surface area contributed by atoms with Crippen molar-refractivity contribution < 1.29 is 23.1 Å². The molecule has 1 fully saturated rings. The van der Waals surface area contributed by atoms with E-state index in [0.717, 1.165) is 16.5 Å². The topological polar surface area (TPSA) is 115 Å². The van der Waals surface area contributed by atoms with E-state index < -0.39 is 10.0 Å². The van der Waals surface area contributed by atoms with Crippen LogP contribution in [0.3, 0.4) is 0 Å². The highest BCUT2D eigenvalue weighted by atomic mass is 32.2. The molecule has 2 aromatic rings. The number of rotatable bonds is 6. The van der Waals surface area contributed by atoms with Gasteiger partial charge in [-0.05, 0) is 5.92 Å². The van der Waals surface area contributed by atoms with Crippen LogP contribution in [-0.2, 0) is 19.6 Å². The number of ether oxygens (including phenoxy) is 1. The van der Waals surface area contributed by atoms with Gasteiger partial charge in [-0.1, -0.05) is 13.8 Å². The molecule has 3 rings (SSSR count). The van der Waals surface area contributed by atoms with Gasteiger partial charge in [-0.15, -0.1) is 11.3 Å². The lowest BCUT2D eigenvalue weighted by Gasteiger charge is -2.22. The first-order chi connectivity index (χ1) is 13.2. The van der Waals surface area contributed by atoms with Gasteiger partial charge in [0.1, 0.15) is 0 Å². The second kappa shape index (κ2) is 9.59. The van der Waals surface area contributed by atoms with Crippen molar-refractivity contribution in [2.75, 3.05) is 33.1 Å². The van der Waals surface area contributed by atoms with Crippen LogP contribution in [0, 0.1) is 5.92 Å². The number of thiazole rings is 1. The second-order valence-electron chi connectivity index (χ2n) is 6.92. The highest BCUT2D eigenvalue weighted by Crippen LogP contribution is 2.33. The molecular formula is C17H26N4O5S2. The zero-order valence-electron chi connectivity index (χ0n) is 16.3. The summed E-state index contributed by atoms with van der Waals surface area (Å²) in [6.07, 6.45) is 3.63. The summed E-state index contributed by atoms with van der Waals surface area (Å²) in [4.78, 5) is 17.5. The second-order valence-corrected chi connectivity index (χ2v) is 10.0. The normalized spacial score (nSPS) is 19.6. The fourth-order valence-corrected chi connectivity index (χ4v) is 5.01. The molecule has 0 aromatic carbocycles. The van der Waals surface area contributed by atoms with E-state index in [0.29, 0.717) is 19.1 Å². The minimum absolute atomic E-state index is 0.0568. The number of hydrogen-bond acceptors (Lipinski definition) is 7. The third-order valence-corrected chi connectivity index (χ3v) is 7.29.